The fraction of sp³-hybridized carbons (Fsp3) is 0.706. The van der Waals surface area contributed by atoms with Crippen molar-refractivity contribution in [2.75, 3.05) is 18.4 Å². The minimum absolute atomic E-state index is 0.190. The van der Waals surface area contributed by atoms with E-state index in [0.717, 1.165) is 43.1 Å². The Bertz CT molecular complexity index is 554. The van der Waals surface area contributed by atoms with Crippen LogP contribution in [-0.2, 0) is 11.2 Å². The van der Waals surface area contributed by atoms with Crippen LogP contribution in [0.4, 0.5) is 10.6 Å². The number of carbonyl (C=O) groups is 1. The van der Waals surface area contributed by atoms with Crippen molar-refractivity contribution in [3.8, 4) is 0 Å². The van der Waals surface area contributed by atoms with Crippen molar-refractivity contribution in [1.29, 1.82) is 0 Å². The molecular weight excluding hydrogens is 292 g/mol. The largest absolute Gasteiger partial charge is 0.444 e. The van der Waals surface area contributed by atoms with Gasteiger partial charge in [-0.05, 0) is 47.0 Å². The average Bonchev–Trinajstić information content (AvgIpc) is 2.45. The van der Waals surface area contributed by atoms with Crippen LogP contribution in [0.25, 0.3) is 0 Å². The molecule has 0 unspecified atom stereocenters. The highest BCUT2D eigenvalue weighted by molar-refractivity contribution is 5.68. The molecule has 0 radical (unpaired) electrons. The number of anilines is 1. The highest BCUT2D eigenvalue weighted by atomic mass is 16.6. The molecule has 128 valence electrons. The van der Waals surface area contributed by atoms with Crippen LogP contribution in [0.2, 0.25) is 0 Å². The van der Waals surface area contributed by atoms with Gasteiger partial charge in [-0.2, -0.15) is 0 Å². The van der Waals surface area contributed by atoms with Crippen LogP contribution in [-0.4, -0.2) is 45.7 Å². The Morgan fingerprint density at radius 3 is 2.83 bits per heavy atom. The van der Waals surface area contributed by atoms with Crippen LogP contribution in [0.3, 0.4) is 0 Å². The summed E-state index contributed by atoms with van der Waals surface area (Å²) in [5.41, 5.74) is 0.567. The molecule has 1 aliphatic rings. The second kappa shape index (κ2) is 7.15. The third-order valence-corrected chi connectivity index (χ3v) is 3.68. The molecule has 1 aliphatic heterocycles. The number of ether oxygens (including phenoxy) is 1. The zero-order chi connectivity index (χ0) is 17.0. The lowest BCUT2D eigenvalue weighted by Gasteiger charge is -2.34. The standard InChI is InChI=1S/C17H28N4O2/c1-6-13-10-15(19-12(2)18-13)20-14-8-7-9-21(11-14)16(22)23-17(3,4)5/h10,14H,6-9,11H2,1-5H3,(H,18,19,20)/t14-/m0/s1. The second-order valence-corrected chi connectivity index (χ2v) is 7.06. The fourth-order valence-electron chi connectivity index (χ4n) is 2.68. The van der Waals surface area contributed by atoms with E-state index in [0.29, 0.717) is 6.54 Å². The Balaban J connectivity index is 1.99. The summed E-state index contributed by atoms with van der Waals surface area (Å²) in [6.45, 7) is 11.0. The molecule has 23 heavy (non-hydrogen) atoms. The number of aromatic nitrogens is 2. The molecule has 0 saturated carbocycles. The predicted molar refractivity (Wildman–Crippen MR) is 90.6 cm³/mol. The van der Waals surface area contributed by atoms with Crippen LogP contribution >= 0.6 is 0 Å². The fourth-order valence-corrected chi connectivity index (χ4v) is 2.68. The Morgan fingerprint density at radius 2 is 2.17 bits per heavy atom. The molecule has 6 heteroatoms. The molecule has 0 aromatic carbocycles. The van der Waals surface area contributed by atoms with Gasteiger partial charge in [-0.1, -0.05) is 6.92 Å². The molecule has 2 heterocycles. The van der Waals surface area contributed by atoms with E-state index in [4.69, 9.17) is 4.74 Å². The molecule has 2 rings (SSSR count). The highest BCUT2D eigenvalue weighted by Gasteiger charge is 2.27. The van der Waals surface area contributed by atoms with Gasteiger partial charge in [-0.25, -0.2) is 14.8 Å². The summed E-state index contributed by atoms with van der Waals surface area (Å²) in [6, 6.07) is 2.18. The number of hydrogen-bond donors (Lipinski definition) is 1. The van der Waals surface area contributed by atoms with Crippen molar-refractivity contribution in [3.05, 3.63) is 17.6 Å². The predicted octanol–water partition coefficient (Wildman–Crippen LogP) is 3.16. The molecule has 1 aromatic rings. The van der Waals surface area contributed by atoms with Crippen LogP contribution in [0, 0.1) is 6.92 Å². The van der Waals surface area contributed by atoms with Crippen molar-refractivity contribution in [2.24, 2.45) is 0 Å². The van der Waals surface area contributed by atoms with Gasteiger partial charge in [-0.3, -0.25) is 0 Å². The maximum atomic E-state index is 12.2. The van der Waals surface area contributed by atoms with Gasteiger partial charge in [0, 0.05) is 30.9 Å². The van der Waals surface area contributed by atoms with Gasteiger partial charge in [0.05, 0.1) is 0 Å². The lowest BCUT2D eigenvalue weighted by molar-refractivity contribution is 0.0206. The zero-order valence-electron chi connectivity index (χ0n) is 14.8. The van der Waals surface area contributed by atoms with Crippen LogP contribution in [0.15, 0.2) is 6.07 Å². The summed E-state index contributed by atoms with van der Waals surface area (Å²) in [7, 11) is 0. The van der Waals surface area contributed by atoms with E-state index in [-0.39, 0.29) is 12.1 Å². The van der Waals surface area contributed by atoms with Crippen molar-refractivity contribution in [2.45, 2.75) is 65.5 Å². The first-order chi connectivity index (χ1) is 10.8. The Labute approximate surface area is 138 Å². The normalized spacial score (nSPS) is 18.7. The molecule has 0 aliphatic carbocycles. The van der Waals surface area contributed by atoms with E-state index < -0.39 is 5.60 Å². The number of hydrogen-bond acceptors (Lipinski definition) is 5. The summed E-state index contributed by atoms with van der Waals surface area (Å²) in [6.07, 6.45) is 2.62. The van der Waals surface area contributed by atoms with E-state index in [2.05, 4.69) is 22.2 Å². The number of rotatable bonds is 3. The topological polar surface area (TPSA) is 67.4 Å². The lowest BCUT2D eigenvalue weighted by Crippen LogP contribution is -2.47. The SMILES string of the molecule is CCc1cc(N[C@H]2CCCN(C(=O)OC(C)(C)C)C2)nc(C)n1. The summed E-state index contributed by atoms with van der Waals surface area (Å²) in [5.74, 6) is 1.61. The summed E-state index contributed by atoms with van der Waals surface area (Å²) >= 11 is 0. The van der Waals surface area contributed by atoms with E-state index in [1.54, 1.807) is 4.90 Å². The van der Waals surface area contributed by atoms with Crippen LogP contribution < -0.4 is 5.32 Å². The Morgan fingerprint density at radius 1 is 1.43 bits per heavy atom. The summed E-state index contributed by atoms with van der Waals surface area (Å²) in [4.78, 5) is 22.8. The second-order valence-electron chi connectivity index (χ2n) is 7.06. The average molecular weight is 320 g/mol. The molecule has 1 saturated heterocycles. The van der Waals surface area contributed by atoms with Crippen molar-refractivity contribution in [3.63, 3.8) is 0 Å². The van der Waals surface area contributed by atoms with E-state index >= 15 is 0 Å². The van der Waals surface area contributed by atoms with Crippen LogP contribution in [0.5, 0.6) is 0 Å². The quantitative estimate of drug-likeness (QED) is 0.926. The molecule has 6 nitrogen and oxygen atoms in total. The summed E-state index contributed by atoms with van der Waals surface area (Å²) in [5, 5.41) is 3.44. The zero-order valence-corrected chi connectivity index (χ0v) is 14.8. The molecule has 1 amide bonds. The smallest absolute Gasteiger partial charge is 0.410 e. The van der Waals surface area contributed by atoms with Gasteiger partial charge in [0.1, 0.15) is 17.2 Å². The molecule has 0 spiro atoms. The number of amides is 1. The number of piperidine rings is 1. The van der Waals surface area contributed by atoms with Crippen molar-refractivity contribution in [1.82, 2.24) is 14.9 Å². The number of aryl methyl sites for hydroxylation is 2. The first-order valence-electron chi connectivity index (χ1n) is 8.36. The molecular formula is C17H28N4O2. The van der Waals surface area contributed by atoms with E-state index in [9.17, 15) is 4.79 Å². The minimum Gasteiger partial charge on any atom is -0.444 e. The third kappa shape index (κ3) is 5.37. The van der Waals surface area contributed by atoms with Gasteiger partial charge >= 0.3 is 6.09 Å². The van der Waals surface area contributed by atoms with Gasteiger partial charge in [0.25, 0.3) is 0 Å². The van der Waals surface area contributed by atoms with E-state index in [1.807, 2.05) is 33.8 Å². The van der Waals surface area contributed by atoms with Crippen molar-refractivity contribution < 1.29 is 9.53 Å². The number of likely N-dealkylation sites (tertiary alicyclic amines) is 1. The highest BCUT2D eigenvalue weighted by Crippen LogP contribution is 2.18. The molecule has 1 atom stereocenters. The van der Waals surface area contributed by atoms with E-state index in [1.165, 1.54) is 0 Å². The first kappa shape index (κ1) is 17.5. The molecule has 1 N–H and O–H groups in total. The number of nitrogens with zero attached hydrogens (tertiary/aromatic N) is 3. The molecule has 0 bridgehead atoms. The maximum absolute atomic E-state index is 12.2. The lowest BCUT2D eigenvalue weighted by atomic mass is 10.1. The van der Waals surface area contributed by atoms with Gasteiger partial charge < -0.3 is 15.0 Å². The summed E-state index contributed by atoms with van der Waals surface area (Å²) < 4.78 is 5.46. The van der Waals surface area contributed by atoms with Gasteiger partial charge in [0.15, 0.2) is 0 Å². The van der Waals surface area contributed by atoms with Gasteiger partial charge in [0.2, 0.25) is 0 Å². The Kier molecular flexibility index (Phi) is 5.44. The molecule has 1 aromatic heterocycles. The monoisotopic (exact) mass is 320 g/mol. The van der Waals surface area contributed by atoms with Crippen LogP contribution in [0.1, 0.15) is 52.1 Å². The number of nitrogens with one attached hydrogen (secondary N) is 1. The van der Waals surface area contributed by atoms with Crippen molar-refractivity contribution >= 4 is 11.9 Å². The Hall–Kier alpha value is -1.85. The third-order valence-electron chi connectivity index (χ3n) is 3.68. The number of carbonyl (C=O) groups excluding carboxylic acids is 1. The molecule has 1 fully saturated rings. The maximum Gasteiger partial charge on any atom is 0.410 e. The minimum atomic E-state index is -0.461. The first-order valence-corrected chi connectivity index (χ1v) is 8.36. The van der Waals surface area contributed by atoms with Gasteiger partial charge in [-0.15, -0.1) is 0 Å².